The third-order valence-electron chi connectivity index (χ3n) is 2.13. The quantitative estimate of drug-likeness (QED) is 0.837. The van der Waals surface area contributed by atoms with Crippen molar-refractivity contribution in [3.8, 4) is 0 Å². The fourth-order valence-corrected chi connectivity index (χ4v) is 1.81. The van der Waals surface area contributed by atoms with E-state index in [0.717, 1.165) is 0 Å². The van der Waals surface area contributed by atoms with Crippen molar-refractivity contribution in [2.24, 2.45) is 0 Å². The maximum Gasteiger partial charge on any atom is 0.272 e. The Bertz CT molecular complexity index is 585. The molecule has 1 aromatic carbocycles. The van der Waals surface area contributed by atoms with Gasteiger partial charge >= 0.3 is 0 Å². The first-order valence-electron chi connectivity index (χ1n) is 4.32. The SMILES string of the molecule is C=CCn1[nH]c(=O)c2ccc(Br)c(F)c21. The average Bonchev–Trinajstić information content (AvgIpc) is 2.51. The Hall–Kier alpha value is -1.36. The molecule has 78 valence electrons. The molecular weight excluding hydrogens is 263 g/mol. The summed E-state index contributed by atoms with van der Waals surface area (Å²) in [6.07, 6.45) is 1.59. The fraction of sp³-hybridized carbons (Fsp3) is 0.100. The number of hydrogen-bond donors (Lipinski definition) is 1. The predicted octanol–water partition coefficient (Wildman–Crippen LogP) is 2.42. The second-order valence-corrected chi connectivity index (χ2v) is 3.95. The summed E-state index contributed by atoms with van der Waals surface area (Å²) in [6.45, 7) is 3.91. The summed E-state index contributed by atoms with van der Waals surface area (Å²) in [5, 5.41) is 2.90. The van der Waals surface area contributed by atoms with Gasteiger partial charge in [-0.25, -0.2) is 4.39 Å². The summed E-state index contributed by atoms with van der Waals surface area (Å²) >= 11 is 3.08. The van der Waals surface area contributed by atoms with Crippen LogP contribution in [0.5, 0.6) is 0 Å². The lowest BCUT2D eigenvalue weighted by Gasteiger charge is -2.01. The van der Waals surface area contributed by atoms with Crippen LogP contribution in [0.1, 0.15) is 0 Å². The molecule has 3 nitrogen and oxygen atoms in total. The molecule has 0 unspecified atom stereocenters. The van der Waals surface area contributed by atoms with Gasteiger partial charge in [-0.1, -0.05) is 6.08 Å². The Balaban J connectivity index is 2.89. The highest BCUT2D eigenvalue weighted by Gasteiger charge is 2.12. The van der Waals surface area contributed by atoms with Gasteiger partial charge in [0.25, 0.3) is 5.56 Å². The predicted molar refractivity (Wildman–Crippen MR) is 60.4 cm³/mol. The van der Waals surface area contributed by atoms with Gasteiger partial charge in [-0.15, -0.1) is 6.58 Å². The van der Waals surface area contributed by atoms with Crippen molar-refractivity contribution in [3.63, 3.8) is 0 Å². The zero-order valence-electron chi connectivity index (χ0n) is 7.76. The molecule has 1 aromatic heterocycles. The van der Waals surface area contributed by atoms with Gasteiger partial charge < -0.3 is 0 Å². The average molecular weight is 271 g/mol. The maximum atomic E-state index is 13.7. The third kappa shape index (κ3) is 1.52. The highest BCUT2D eigenvalue weighted by atomic mass is 79.9. The van der Waals surface area contributed by atoms with Crippen molar-refractivity contribution in [3.05, 3.63) is 45.4 Å². The van der Waals surface area contributed by atoms with Gasteiger partial charge in [0.1, 0.15) is 5.52 Å². The van der Waals surface area contributed by atoms with E-state index in [1.54, 1.807) is 12.1 Å². The fourth-order valence-electron chi connectivity index (χ4n) is 1.49. The molecule has 0 bridgehead atoms. The van der Waals surface area contributed by atoms with Crippen LogP contribution in [-0.4, -0.2) is 9.78 Å². The molecule has 2 rings (SSSR count). The van der Waals surface area contributed by atoms with Crippen molar-refractivity contribution >= 4 is 26.8 Å². The summed E-state index contributed by atoms with van der Waals surface area (Å²) in [6, 6.07) is 3.10. The number of rotatable bonds is 2. The van der Waals surface area contributed by atoms with Crippen molar-refractivity contribution in [1.82, 2.24) is 9.78 Å². The molecule has 15 heavy (non-hydrogen) atoms. The van der Waals surface area contributed by atoms with E-state index in [0.29, 0.717) is 16.4 Å². The molecule has 0 aliphatic carbocycles. The number of nitrogens with one attached hydrogen (secondary N) is 1. The number of halogens is 2. The number of aromatic nitrogens is 2. The minimum Gasteiger partial charge on any atom is -0.278 e. The summed E-state index contributed by atoms with van der Waals surface area (Å²) < 4.78 is 15.5. The lowest BCUT2D eigenvalue weighted by atomic mass is 10.2. The lowest BCUT2D eigenvalue weighted by molar-refractivity contribution is 0.612. The first-order valence-corrected chi connectivity index (χ1v) is 5.12. The van der Waals surface area contributed by atoms with E-state index in [9.17, 15) is 9.18 Å². The molecule has 0 saturated heterocycles. The van der Waals surface area contributed by atoms with E-state index in [2.05, 4.69) is 27.6 Å². The number of hydrogen-bond acceptors (Lipinski definition) is 1. The highest BCUT2D eigenvalue weighted by Crippen LogP contribution is 2.22. The maximum absolute atomic E-state index is 13.7. The summed E-state index contributed by atoms with van der Waals surface area (Å²) in [4.78, 5) is 11.4. The van der Waals surface area contributed by atoms with Gasteiger partial charge in [-0.2, -0.15) is 0 Å². The minimum absolute atomic E-state index is 0.272. The van der Waals surface area contributed by atoms with Crippen LogP contribution >= 0.6 is 15.9 Å². The Morgan fingerprint density at radius 3 is 3.00 bits per heavy atom. The smallest absolute Gasteiger partial charge is 0.272 e. The summed E-state index contributed by atoms with van der Waals surface area (Å²) in [7, 11) is 0. The zero-order chi connectivity index (χ0) is 11.0. The second-order valence-electron chi connectivity index (χ2n) is 3.10. The van der Waals surface area contributed by atoms with E-state index < -0.39 is 5.82 Å². The number of benzene rings is 1. The van der Waals surface area contributed by atoms with Gasteiger partial charge in [0.05, 0.1) is 16.4 Å². The molecule has 0 fully saturated rings. The van der Waals surface area contributed by atoms with Crippen LogP contribution in [-0.2, 0) is 6.54 Å². The number of allylic oxidation sites excluding steroid dienone is 1. The largest absolute Gasteiger partial charge is 0.278 e. The van der Waals surface area contributed by atoms with Crippen molar-refractivity contribution in [2.75, 3.05) is 0 Å². The molecule has 0 atom stereocenters. The van der Waals surface area contributed by atoms with Crippen molar-refractivity contribution in [2.45, 2.75) is 6.54 Å². The zero-order valence-corrected chi connectivity index (χ0v) is 9.34. The topological polar surface area (TPSA) is 37.8 Å². The van der Waals surface area contributed by atoms with Gasteiger partial charge in [-0.05, 0) is 28.1 Å². The van der Waals surface area contributed by atoms with Gasteiger partial charge in [0.2, 0.25) is 0 Å². The second kappa shape index (κ2) is 3.66. The van der Waals surface area contributed by atoms with Gasteiger partial charge in [0, 0.05) is 0 Å². The molecule has 0 radical (unpaired) electrons. The molecule has 0 aliphatic heterocycles. The molecule has 0 amide bonds. The molecule has 1 N–H and O–H groups in total. The van der Waals surface area contributed by atoms with Crippen LogP contribution in [0.3, 0.4) is 0 Å². The van der Waals surface area contributed by atoms with E-state index in [1.807, 2.05) is 0 Å². The van der Waals surface area contributed by atoms with Crippen LogP contribution in [0.15, 0.2) is 34.1 Å². The number of aromatic amines is 1. The van der Waals surface area contributed by atoms with Crippen LogP contribution in [0.25, 0.3) is 10.9 Å². The Labute approximate surface area is 93.3 Å². The van der Waals surface area contributed by atoms with E-state index >= 15 is 0 Å². The lowest BCUT2D eigenvalue weighted by Crippen LogP contribution is -2.04. The number of fused-ring (bicyclic) bond motifs is 1. The third-order valence-corrected chi connectivity index (χ3v) is 2.74. The van der Waals surface area contributed by atoms with Crippen LogP contribution < -0.4 is 5.56 Å². The van der Waals surface area contributed by atoms with E-state index in [-0.39, 0.29) is 11.1 Å². The first kappa shape index (κ1) is 10.2. The number of H-pyrrole nitrogens is 1. The molecule has 1 heterocycles. The van der Waals surface area contributed by atoms with Crippen LogP contribution in [0, 0.1) is 5.82 Å². The van der Waals surface area contributed by atoms with Gasteiger partial charge in [0.15, 0.2) is 5.82 Å². The normalized spacial score (nSPS) is 10.8. The van der Waals surface area contributed by atoms with Crippen LogP contribution in [0.2, 0.25) is 0 Å². The summed E-state index contributed by atoms with van der Waals surface area (Å²) in [5.41, 5.74) is -0.0208. The molecule has 0 spiro atoms. The van der Waals surface area contributed by atoms with Crippen molar-refractivity contribution < 1.29 is 4.39 Å². The first-order chi connectivity index (χ1) is 7.15. The Morgan fingerprint density at radius 1 is 1.60 bits per heavy atom. The minimum atomic E-state index is -0.437. The Kier molecular flexibility index (Phi) is 2.48. The van der Waals surface area contributed by atoms with E-state index in [1.165, 1.54) is 10.7 Å². The van der Waals surface area contributed by atoms with Crippen LogP contribution in [0.4, 0.5) is 4.39 Å². The molecule has 2 aromatic rings. The molecule has 0 saturated carbocycles. The number of nitrogens with zero attached hydrogens (tertiary/aromatic N) is 1. The summed E-state index contributed by atoms with van der Waals surface area (Å²) in [5.74, 6) is -0.437. The molecular formula is C10H8BrFN2O. The highest BCUT2D eigenvalue weighted by molar-refractivity contribution is 9.10. The Morgan fingerprint density at radius 2 is 2.33 bits per heavy atom. The molecule has 5 heteroatoms. The standard InChI is InChI=1S/C10H8BrFN2O/c1-2-5-14-9-6(10(15)13-14)3-4-7(11)8(9)12/h2-4H,1,5H2,(H,13,15). The van der Waals surface area contributed by atoms with Crippen molar-refractivity contribution in [1.29, 1.82) is 0 Å². The van der Waals surface area contributed by atoms with Gasteiger partial charge in [-0.3, -0.25) is 14.6 Å². The monoisotopic (exact) mass is 270 g/mol. The molecule has 0 aliphatic rings. The van der Waals surface area contributed by atoms with E-state index in [4.69, 9.17) is 0 Å².